The third kappa shape index (κ3) is 5.37. The Balaban J connectivity index is 2.07. The van der Waals surface area contributed by atoms with Crippen LogP contribution in [0.25, 0.3) is 0 Å². The molecule has 21 heavy (non-hydrogen) atoms. The fourth-order valence-corrected chi connectivity index (χ4v) is 4.38. The van der Waals surface area contributed by atoms with E-state index in [9.17, 15) is 0 Å². The van der Waals surface area contributed by atoms with Crippen LogP contribution in [-0.4, -0.2) is 11.5 Å². The summed E-state index contributed by atoms with van der Waals surface area (Å²) in [5, 5.41) is 7.35. The van der Waals surface area contributed by atoms with Gasteiger partial charge in [0.05, 0.1) is 5.54 Å². The van der Waals surface area contributed by atoms with Gasteiger partial charge in [0.25, 0.3) is 0 Å². The van der Waals surface area contributed by atoms with Gasteiger partial charge in [0.15, 0.2) is 0 Å². The summed E-state index contributed by atoms with van der Waals surface area (Å²) in [7, 11) is 0. The molecule has 1 aliphatic rings. The Morgan fingerprint density at radius 2 is 1.57 bits per heavy atom. The molecule has 1 fully saturated rings. The van der Waals surface area contributed by atoms with Crippen LogP contribution < -0.4 is 5.32 Å². The fraction of sp³-hybridized carbons (Fsp3) is 0.833. The van der Waals surface area contributed by atoms with Crippen LogP contribution in [0.4, 0.5) is 0 Å². The number of nitrogens with one attached hydrogen (secondary N) is 1. The number of hydrogen-bond donors (Lipinski definition) is 1. The van der Waals surface area contributed by atoms with E-state index >= 15 is 0 Å². The fourth-order valence-electron chi connectivity index (χ4n) is 3.51. The normalized spacial score (nSPS) is 21.4. The summed E-state index contributed by atoms with van der Waals surface area (Å²) in [5.41, 5.74) is 0.156. The van der Waals surface area contributed by atoms with Crippen LogP contribution in [0.2, 0.25) is 0 Å². The van der Waals surface area contributed by atoms with Gasteiger partial charge < -0.3 is 5.32 Å². The molecule has 0 spiro atoms. The summed E-state index contributed by atoms with van der Waals surface area (Å²) < 4.78 is 0. The number of hydrogen-bond acceptors (Lipinski definition) is 3. The summed E-state index contributed by atoms with van der Waals surface area (Å²) in [5.74, 6) is 0. The van der Waals surface area contributed by atoms with E-state index in [0.29, 0.717) is 0 Å². The zero-order chi connectivity index (χ0) is 14.8. The minimum Gasteiger partial charge on any atom is -0.305 e. The second kappa shape index (κ2) is 9.58. The van der Waals surface area contributed by atoms with E-state index in [2.05, 4.69) is 22.6 Å². The van der Waals surface area contributed by atoms with Gasteiger partial charge in [-0.1, -0.05) is 64.7 Å². The van der Waals surface area contributed by atoms with Gasteiger partial charge in [0, 0.05) is 11.6 Å². The third-order valence-corrected chi connectivity index (χ3v) is 5.74. The highest BCUT2D eigenvalue weighted by atomic mass is 32.1. The Bertz CT molecular complexity index is 349. The first kappa shape index (κ1) is 17.0. The molecule has 3 heteroatoms. The molecular weight excluding hydrogens is 276 g/mol. The van der Waals surface area contributed by atoms with Crippen LogP contribution >= 0.6 is 11.3 Å². The Morgan fingerprint density at radius 3 is 2.05 bits per heavy atom. The Kier molecular flexibility index (Phi) is 7.73. The highest BCUT2D eigenvalue weighted by molar-refractivity contribution is 7.09. The van der Waals surface area contributed by atoms with E-state index in [0.717, 1.165) is 6.54 Å². The molecule has 0 bridgehead atoms. The Hall–Kier alpha value is -0.410. The molecule has 0 amide bonds. The van der Waals surface area contributed by atoms with Gasteiger partial charge in [-0.25, -0.2) is 4.98 Å². The van der Waals surface area contributed by atoms with Gasteiger partial charge in [-0.3, -0.25) is 0 Å². The van der Waals surface area contributed by atoms with Crippen LogP contribution in [0.3, 0.4) is 0 Å². The highest BCUT2D eigenvalue weighted by Gasteiger charge is 2.32. The summed E-state index contributed by atoms with van der Waals surface area (Å²) >= 11 is 1.84. The summed E-state index contributed by atoms with van der Waals surface area (Å²) in [4.78, 5) is 4.69. The number of thiazole rings is 1. The first-order valence-corrected chi connectivity index (χ1v) is 9.90. The van der Waals surface area contributed by atoms with Gasteiger partial charge in [0.2, 0.25) is 0 Å². The van der Waals surface area contributed by atoms with Crippen molar-refractivity contribution < 1.29 is 0 Å². The molecule has 1 saturated carbocycles. The lowest BCUT2D eigenvalue weighted by Crippen LogP contribution is -2.43. The largest absolute Gasteiger partial charge is 0.305 e. The van der Waals surface area contributed by atoms with Gasteiger partial charge in [-0.05, 0) is 25.8 Å². The predicted molar refractivity (Wildman–Crippen MR) is 92.9 cm³/mol. The van der Waals surface area contributed by atoms with Crippen molar-refractivity contribution in [2.24, 2.45) is 0 Å². The maximum atomic E-state index is 4.69. The van der Waals surface area contributed by atoms with Crippen molar-refractivity contribution in [3.63, 3.8) is 0 Å². The highest BCUT2D eigenvalue weighted by Crippen LogP contribution is 2.35. The maximum Gasteiger partial charge on any atom is 0.113 e. The van der Waals surface area contributed by atoms with Crippen LogP contribution in [0.5, 0.6) is 0 Å². The predicted octanol–water partition coefficient (Wildman–Crippen LogP) is 5.64. The van der Waals surface area contributed by atoms with Crippen LogP contribution in [-0.2, 0) is 5.54 Å². The van der Waals surface area contributed by atoms with Gasteiger partial charge in [-0.15, -0.1) is 11.3 Å². The van der Waals surface area contributed by atoms with Gasteiger partial charge in [0.1, 0.15) is 5.01 Å². The molecule has 1 heterocycles. The monoisotopic (exact) mass is 308 g/mol. The molecule has 0 aliphatic heterocycles. The van der Waals surface area contributed by atoms with Crippen molar-refractivity contribution in [3.05, 3.63) is 16.6 Å². The lowest BCUT2D eigenvalue weighted by molar-refractivity contribution is 0.263. The maximum absolute atomic E-state index is 4.69. The molecule has 1 aromatic heterocycles. The molecule has 0 aromatic carbocycles. The SMILES string of the molecule is CCCNC1(c2nccs2)CCCCCCCCCCC1. The van der Waals surface area contributed by atoms with E-state index in [4.69, 9.17) is 0 Å². The Labute approximate surface area is 134 Å². The molecule has 2 nitrogen and oxygen atoms in total. The molecular formula is C18H32N2S. The van der Waals surface area contributed by atoms with Crippen LogP contribution in [0, 0.1) is 0 Å². The molecule has 120 valence electrons. The van der Waals surface area contributed by atoms with Crippen LogP contribution in [0.15, 0.2) is 11.6 Å². The quantitative estimate of drug-likeness (QED) is 0.778. The second-order valence-electron chi connectivity index (χ2n) is 6.53. The lowest BCUT2D eigenvalue weighted by atomic mass is 9.85. The minimum atomic E-state index is 0.156. The lowest BCUT2D eigenvalue weighted by Gasteiger charge is -2.34. The topological polar surface area (TPSA) is 24.9 Å². The molecule has 0 unspecified atom stereocenters. The van der Waals surface area contributed by atoms with Gasteiger partial charge in [-0.2, -0.15) is 0 Å². The number of nitrogens with zero attached hydrogens (tertiary/aromatic N) is 1. The zero-order valence-electron chi connectivity index (χ0n) is 13.7. The third-order valence-electron chi connectivity index (χ3n) is 4.76. The minimum absolute atomic E-state index is 0.156. The van der Waals surface area contributed by atoms with E-state index in [1.165, 1.54) is 82.1 Å². The number of rotatable bonds is 4. The van der Waals surface area contributed by atoms with E-state index in [1.807, 2.05) is 17.5 Å². The van der Waals surface area contributed by atoms with Crippen molar-refractivity contribution in [3.8, 4) is 0 Å². The van der Waals surface area contributed by atoms with E-state index < -0.39 is 0 Å². The summed E-state index contributed by atoms with van der Waals surface area (Å²) in [6, 6.07) is 0. The average Bonchev–Trinajstić information content (AvgIpc) is 3.02. The molecule has 0 atom stereocenters. The summed E-state index contributed by atoms with van der Waals surface area (Å²) in [6.45, 7) is 3.37. The molecule has 1 N–H and O–H groups in total. The molecule has 1 aliphatic carbocycles. The summed E-state index contributed by atoms with van der Waals surface area (Å²) in [6.07, 6.45) is 18.3. The van der Waals surface area contributed by atoms with E-state index in [-0.39, 0.29) is 5.54 Å². The van der Waals surface area contributed by atoms with Crippen molar-refractivity contribution in [2.45, 2.75) is 89.5 Å². The average molecular weight is 309 g/mol. The van der Waals surface area contributed by atoms with Crippen molar-refractivity contribution in [1.82, 2.24) is 10.3 Å². The van der Waals surface area contributed by atoms with Crippen molar-refractivity contribution >= 4 is 11.3 Å². The van der Waals surface area contributed by atoms with Crippen molar-refractivity contribution in [2.75, 3.05) is 6.54 Å². The first-order valence-electron chi connectivity index (χ1n) is 9.02. The van der Waals surface area contributed by atoms with Gasteiger partial charge >= 0.3 is 0 Å². The number of aromatic nitrogens is 1. The Morgan fingerprint density at radius 1 is 1.00 bits per heavy atom. The molecule has 2 rings (SSSR count). The van der Waals surface area contributed by atoms with Crippen LogP contribution in [0.1, 0.15) is 89.0 Å². The standard InChI is InChI=1S/C18H32N2S/c1-2-14-20-18(17-19-15-16-21-17)12-10-8-6-4-3-5-7-9-11-13-18/h15-16,20H,2-14H2,1H3. The van der Waals surface area contributed by atoms with E-state index in [1.54, 1.807) is 0 Å². The second-order valence-corrected chi connectivity index (χ2v) is 7.42. The molecule has 1 aromatic rings. The van der Waals surface area contributed by atoms with Crippen molar-refractivity contribution in [1.29, 1.82) is 0 Å². The molecule has 0 saturated heterocycles. The first-order chi connectivity index (χ1) is 10.4. The zero-order valence-corrected chi connectivity index (χ0v) is 14.5. The smallest absolute Gasteiger partial charge is 0.113 e. The molecule has 0 radical (unpaired) electrons.